The van der Waals surface area contributed by atoms with Crippen molar-refractivity contribution in [2.45, 2.75) is 38.8 Å². The average molecular weight is 491 g/mol. The number of ether oxygens (including phenoxy) is 1. The van der Waals surface area contributed by atoms with E-state index in [-0.39, 0.29) is 18.4 Å². The molecule has 4 aromatic rings. The minimum Gasteiger partial charge on any atom is -0.496 e. The van der Waals surface area contributed by atoms with Crippen molar-refractivity contribution in [2.75, 3.05) is 13.7 Å². The van der Waals surface area contributed by atoms with Gasteiger partial charge < -0.3 is 20.4 Å². The molecular formula is C26H30N6O4. The molecule has 0 saturated carbocycles. The minimum atomic E-state index is -0.795. The predicted octanol–water partition coefficient (Wildman–Crippen LogP) is 3.69. The summed E-state index contributed by atoms with van der Waals surface area (Å²) in [5.41, 5.74) is 2.69. The lowest BCUT2D eigenvalue weighted by molar-refractivity contribution is -0.124. The molecule has 2 amide bonds. The zero-order valence-corrected chi connectivity index (χ0v) is 20.5. The second-order valence-corrected chi connectivity index (χ2v) is 9.20. The summed E-state index contributed by atoms with van der Waals surface area (Å²) in [6, 6.07) is 13.5. The highest BCUT2D eigenvalue weighted by molar-refractivity contribution is 6.01. The molecule has 4 N–H and O–H groups in total. The van der Waals surface area contributed by atoms with Gasteiger partial charge in [0.25, 0.3) is 5.91 Å². The number of carbonyl (C=O) groups is 2. The molecule has 36 heavy (non-hydrogen) atoms. The Labute approximate surface area is 208 Å². The molecule has 0 radical (unpaired) electrons. The lowest BCUT2D eigenvalue weighted by atomic mass is 10.0. The largest absolute Gasteiger partial charge is 0.496 e. The van der Waals surface area contributed by atoms with Crippen molar-refractivity contribution in [3.63, 3.8) is 0 Å². The van der Waals surface area contributed by atoms with Crippen LogP contribution in [0.1, 0.15) is 36.5 Å². The van der Waals surface area contributed by atoms with Crippen LogP contribution in [0.5, 0.6) is 5.75 Å². The highest BCUT2D eigenvalue weighted by atomic mass is 16.5. The standard InChI is InChI=1S/C26H30N6O4/c1-15(2)11-22(30-26(34)23-13-18-19(29-23)9-6-10-24(18)36-3)25(33)28-16(14-27-35)12-21-17-7-4-5-8-20(17)31-32-21/h4-10,13,15-16,22,29H,11-12,14H2,1-3H3,(H,28,33)(H,30,34)(H,31,32)/t16?,22-/m0/s1. The van der Waals surface area contributed by atoms with Crippen molar-refractivity contribution in [1.29, 1.82) is 0 Å². The van der Waals surface area contributed by atoms with Crippen LogP contribution in [0.4, 0.5) is 0 Å². The van der Waals surface area contributed by atoms with E-state index in [1.165, 1.54) is 0 Å². The summed E-state index contributed by atoms with van der Waals surface area (Å²) in [6.07, 6.45) is 0.749. The van der Waals surface area contributed by atoms with Gasteiger partial charge in [0, 0.05) is 22.7 Å². The van der Waals surface area contributed by atoms with Crippen molar-refractivity contribution in [1.82, 2.24) is 25.8 Å². The molecule has 10 nitrogen and oxygen atoms in total. The highest BCUT2D eigenvalue weighted by Crippen LogP contribution is 2.26. The van der Waals surface area contributed by atoms with Gasteiger partial charge >= 0.3 is 0 Å². The number of nitrogens with zero attached hydrogens (tertiary/aromatic N) is 2. The van der Waals surface area contributed by atoms with Gasteiger partial charge in [0.05, 0.1) is 24.4 Å². The topological polar surface area (TPSA) is 141 Å². The van der Waals surface area contributed by atoms with E-state index in [1.807, 2.05) is 56.3 Å². The molecule has 1 unspecified atom stereocenters. The number of nitrogens with one attached hydrogen (secondary N) is 4. The number of aromatic amines is 2. The summed E-state index contributed by atoms with van der Waals surface area (Å²) in [5.74, 6) is 0.00722. The number of methoxy groups -OCH3 is 1. The van der Waals surface area contributed by atoms with Crippen molar-refractivity contribution >= 4 is 33.6 Å². The average Bonchev–Trinajstić information content (AvgIpc) is 3.48. The molecular weight excluding hydrogens is 460 g/mol. The van der Waals surface area contributed by atoms with Gasteiger partial charge in [-0.15, -0.1) is 0 Å². The first kappa shape index (κ1) is 24.9. The number of carbonyl (C=O) groups excluding carboxylic acids is 2. The molecule has 2 aromatic carbocycles. The lowest BCUT2D eigenvalue weighted by Gasteiger charge is -2.23. The van der Waals surface area contributed by atoms with Crippen LogP contribution in [0.3, 0.4) is 0 Å². The molecule has 0 aliphatic heterocycles. The van der Waals surface area contributed by atoms with Crippen LogP contribution in [-0.2, 0) is 11.2 Å². The Morgan fingerprint density at radius 3 is 2.58 bits per heavy atom. The van der Waals surface area contributed by atoms with Gasteiger partial charge in [-0.1, -0.05) is 43.3 Å². The third kappa shape index (κ3) is 5.54. The van der Waals surface area contributed by atoms with Crippen LogP contribution in [0, 0.1) is 10.8 Å². The second kappa shape index (κ2) is 11.0. The summed E-state index contributed by atoms with van der Waals surface area (Å²) in [5, 5.41) is 17.7. The molecule has 10 heteroatoms. The number of rotatable bonds is 11. The summed E-state index contributed by atoms with van der Waals surface area (Å²) in [6.45, 7) is 3.83. The summed E-state index contributed by atoms with van der Waals surface area (Å²) < 4.78 is 5.37. The number of nitroso groups, excluding NO2 is 1. The van der Waals surface area contributed by atoms with Crippen LogP contribution in [0.15, 0.2) is 53.7 Å². The van der Waals surface area contributed by atoms with E-state index in [9.17, 15) is 14.5 Å². The number of hydrogen-bond acceptors (Lipinski definition) is 6. The first-order valence-electron chi connectivity index (χ1n) is 11.9. The van der Waals surface area contributed by atoms with Crippen molar-refractivity contribution in [3.05, 3.63) is 64.8 Å². The van der Waals surface area contributed by atoms with Gasteiger partial charge in [-0.3, -0.25) is 14.7 Å². The molecule has 188 valence electrons. The summed E-state index contributed by atoms with van der Waals surface area (Å²) >= 11 is 0. The maximum Gasteiger partial charge on any atom is 0.268 e. The number of amides is 2. The third-order valence-corrected chi connectivity index (χ3v) is 6.05. The SMILES string of the molecule is COc1cccc2[nH]c(C(=O)N[C@@H](CC(C)C)C(=O)NC(CN=O)Cc3n[nH]c4ccccc34)cc12. The molecule has 0 aliphatic rings. The van der Waals surface area contributed by atoms with E-state index in [0.29, 0.717) is 24.3 Å². The smallest absolute Gasteiger partial charge is 0.268 e. The van der Waals surface area contributed by atoms with Gasteiger partial charge in [0.2, 0.25) is 5.91 Å². The Hall–Kier alpha value is -4.21. The van der Waals surface area contributed by atoms with Gasteiger partial charge in [0.15, 0.2) is 0 Å². The first-order valence-corrected chi connectivity index (χ1v) is 11.9. The van der Waals surface area contributed by atoms with E-state index in [0.717, 1.165) is 27.5 Å². The molecule has 2 aromatic heterocycles. The molecule has 0 saturated heterocycles. The summed E-state index contributed by atoms with van der Waals surface area (Å²) in [7, 11) is 1.57. The Bertz CT molecular complexity index is 1380. The van der Waals surface area contributed by atoms with E-state index >= 15 is 0 Å². The molecule has 0 spiro atoms. The lowest BCUT2D eigenvalue weighted by Crippen LogP contribution is -2.51. The summed E-state index contributed by atoms with van der Waals surface area (Å²) in [4.78, 5) is 40.6. The number of hydrogen-bond donors (Lipinski definition) is 4. The van der Waals surface area contributed by atoms with Gasteiger partial charge in [-0.25, -0.2) is 0 Å². The monoisotopic (exact) mass is 490 g/mol. The zero-order chi connectivity index (χ0) is 25.7. The number of aromatic nitrogens is 3. The predicted molar refractivity (Wildman–Crippen MR) is 138 cm³/mol. The van der Waals surface area contributed by atoms with Crippen LogP contribution < -0.4 is 15.4 Å². The Kier molecular flexibility index (Phi) is 7.62. The number of para-hydroxylation sites is 1. The molecule has 0 bridgehead atoms. The van der Waals surface area contributed by atoms with E-state index in [4.69, 9.17) is 4.74 Å². The highest BCUT2D eigenvalue weighted by Gasteiger charge is 2.26. The molecule has 2 atom stereocenters. The van der Waals surface area contributed by atoms with E-state index in [2.05, 4.69) is 31.0 Å². The Morgan fingerprint density at radius 2 is 1.83 bits per heavy atom. The van der Waals surface area contributed by atoms with Gasteiger partial charge in [0.1, 0.15) is 24.0 Å². The van der Waals surface area contributed by atoms with Crippen molar-refractivity contribution in [3.8, 4) is 5.75 Å². The minimum absolute atomic E-state index is 0.114. The van der Waals surface area contributed by atoms with E-state index in [1.54, 1.807) is 13.2 Å². The van der Waals surface area contributed by atoms with Crippen LogP contribution >= 0.6 is 0 Å². The molecule has 0 aliphatic carbocycles. The third-order valence-electron chi connectivity index (χ3n) is 6.05. The van der Waals surface area contributed by atoms with Crippen LogP contribution in [-0.4, -0.2) is 52.7 Å². The first-order chi connectivity index (χ1) is 17.4. The van der Waals surface area contributed by atoms with Crippen LogP contribution in [0.25, 0.3) is 21.8 Å². The van der Waals surface area contributed by atoms with Gasteiger partial charge in [-0.2, -0.15) is 10.0 Å². The molecule has 2 heterocycles. The number of benzene rings is 2. The fraction of sp³-hybridized carbons (Fsp3) is 0.346. The Balaban J connectivity index is 1.50. The number of H-pyrrole nitrogens is 2. The number of fused-ring (bicyclic) bond motifs is 2. The fourth-order valence-corrected chi connectivity index (χ4v) is 4.33. The zero-order valence-electron chi connectivity index (χ0n) is 20.5. The van der Waals surface area contributed by atoms with E-state index < -0.39 is 18.0 Å². The van der Waals surface area contributed by atoms with Crippen LogP contribution in [0.2, 0.25) is 0 Å². The second-order valence-electron chi connectivity index (χ2n) is 9.20. The maximum absolute atomic E-state index is 13.3. The normalized spacial score (nSPS) is 13.0. The maximum atomic E-state index is 13.3. The quantitative estimate of drug-likeness (QED) is 0.237. The fourth-order valence-electron chi connectivity index (χ4n) is 4.33. The van der Waals surface area contributed by atoms with Crippen molar-refractivity contribution < 1.29 is 14.3 Å². The molecule has 0 fully saturated rings. The molecule has 4 rings (SSSR count). The Morgan fingerprint density at radius 1 is 1.06 bits per heavy atom. The van der Waals surface area contributed by atoms with Crippen molar-refractivity contribution in [2.24, 2.45) is 11.1 Å². The van der Waals surface area contributed by atoms with Gasteiger partial charge in [-0.05, 0) is 36.6 Å².